The van der Waals surface area contributed by atoms with Crippen molar-refractivity contribution in [3.05, 3.63) is 16.1 Å². The van der Waals surface area contributed by atoms with Crippen LogP contribution in [0.15, 0.2) is 14.2 Å². The summed E-state index contributed by atoms with van der Waals surface area (Å²) in [6, 6.07) is 0. The number of thioether (sulfide) groups is 1. The molecule has 0 bridgehead atoms. The SMILES string of the molecule is CN(C)Cc1nc(CSCCNC2=NS(=O)N=C2N(C)C)cs1. The highest BCUT2D eigenvalue weighted by atomic mass is 32.2. The van der Waals surface area contributed by atoms with Crippen molar-refractivity contribution in [2.45, 2.75) is 12.3 Å². The van der Waals surface area contributed by atoms with Gasteiger partial charge in [0.25, 0.3) is 11.2 Å². The summed E-state index contributed by atoms with van der Waals surface area (Å²) >= 11 is 2.04. The first kappa shape index (κ1) is 18.4. The van der Waals surface area contributed by atoms with Gasteiger partial charge in [0.1, 0.15) is 5.01 Å². The second-order valence-corrected chi connectivity index (χ2v) is 8.30. The van der Waals surface area contributed by atoms with E-state index in [1.165, 1.54) is 0 Å². The smallest absolute Gasteiger partial charge is 0.269 e. The summed E-state index contributed by atoms with van der Waals surface area (Å²) < 4.78 is 19.3. The summed E-state index contributed by atoms with van der Waals surface area (Å²) in [6.07, 6.45) is 0. The van der Waals surface area contributed by atoms with E-state index in [-0.39, 0.29) is 0 Å². The summed E-state index contributed by atoms with van der Waals surface area (Å²) in [6.45, 7) is 1.64. The van der Waals surface area contributed by atoms with Crippen molar-refractivity contribution in [3.8, 4) is 0 Å². The third-order valence-electron chi connectivity index (χ3n) is 2.81. The van der Waals surface area contributed by atoms with Gasteiger partial charge in [-0.15, -0.1) is 20.1 Å². The van der Waals surface area contributed by atoms with Crippen molar-refractivity contribution in [1.29, 1.82) is 0 Å². The third-order valence-corrected chi connectivity index (χ3v) is 5.35. The summed E-state index contributed by atoms with van der Waals surface area (Å²) in [4.78, 5) is 8.55. The number of aromatic nitrogens is 1. The maximum absolute atomic E-state index is 11.4. The van der Waals surface area contributed by atoms with Gasteiger partial charge in [0, 0.05) is 44.1 Å². The molecule has 1 N–H and O–H groups in total. The van der Waals surface area contributed by atoms with Crippen molar-refractivity contribution in [1.82, 2.24) is 20.1 Å². The minimum absolute atomic E-state index is 0.607. The maximum Gasteiger partial charge on any atom is 0.269 e. The first-order valence-electron chi connectivity index (χ1n) is 7.12. The number of nitrogens with zero attached hydrogens (tertiary/aromatic N) is 5. The quantitative estimate of drug-likeness (QED) is 0.717. The fraction of sp³-hybridized carbons (Fsp3) is 0.615. The molecule has 23 heavy (non-hydrogen) atoms. The molecule has 0 aromatic carbocycles. The van der Waals surface area contributed by atoms with Crippen molar-refractivity contribution < 1.29 is 4.21 Å². The van der Waals surface area contributed by atoms with Gasteiger partial charge in [-0.05, 0) is 14.1 Å². The summed E-state index contributed by atoms with van der Waals surface area (Å²) in [5.74, 6) is 3.07. The minimum Gasteiger partial charge on any atom is -0.366 e. The van der Waals surface area contributed by atoms with Crippen molar-refractivity contribution in [2.75, 3.05) is 40.5 Å². The van der Waals surface area contributed by atoms with Crippen LogP contribution in [0.25, 0.3) is 0 Å². The van der Waals surface area contributed by atoms with Crippen LogP contribution in [-0.4, -0.2) is 71.2 Å². The Kier molecular flexibility index (Phi) is 7.00. The van der Waals surface area contributed by atoms with E-state index >= 15 is 0 Å². The summed E-state index contributed by atoms with van der Waals surface area (Å²) in [5, 5.41) is 6.48. The Morgan fingerprint density at radius 3 is 2.78 bits per heavy atom. The van der Waals surface area contributed by atoms with Gasteiger partial charge in [0.05, 0.1) is 5.69 Å². The van der Waals surface area contributed by atoms with Gasteiger partial charge in [-0.25, -0.2) is 9.19 Å². The van der Waals surface area contributed by atoms with E-state index in [2.05, 4.69) is 29.4 Å². The highest BCUT2D eigenvalue weighted by molar-refractivity contribution is 7.98. The molecule has 0 saturated heterocycles. The number of nitrogens with one attached hydrogen (secondary N) is 1. The number of hydrogen-bond acceptors (Lipinski definition) is 7. The normalized spacial score (nSPS) is 17.3. The zero-order valence-electron chi connectivity index (χ0n) is 13.8. The molecule has 1 aromatic heterocycles. The highest BCUT2D eigenvalue weighted by Crippen LogP contribution is 2.16. The van der Waals surface area contributed by atoms with Crippen LogP contribution >= 0.6 is 23.1 Å². The average molecular weight is 375 g/mol. The molecule has 1 atom stereocenters. The van der Waals surface area contributed by atoms with Gasteiger partial charge < -0.3 is 15.1 Å². The van der Waals surface area contributed by atoms with E-state index in [4.69, 9.17) is 0 Å². The van der Waals surface area contributed by atoms with E-state index in [1.807, 2.05) is 44.9 Å². The molecule has 0 spiro atoms. The van der Waals surface area contributed by atoms with Crippen molar-refractivity contribution in [3.63, 3.8) is 0 Å². The van der Waals surface area contributed by atoms with Gasteiger partial charge >= 0.3 is 0 Å². The van der Waals surface area contributed by atoms with Gasteiger partial charge in [0.2, 0.25) is 0 Å². The molecule has 2 rings (SSSR count). The van der Waals surface area contributed by atoms with Gasteiger partial charge in [-0.1, -0.05) is 0 Å². The maximum atomic E-state index is 11.4. The van der Waals surface area contributed by atoms with Crippen LogP contribution in [0.3, 0.4) is 0 Å². The summed E-state index contributed by atoms with van der Waals surface area (Å²) in [7, 11) is 7.82. The topological polar surface area (TPSA) is 73.2 Å². The van der Waals surface area contributed by atoms with E-state index < -0.39 is 11.2 Å². The van der Waals surface area contributed by atoms with Crippen molar-refractivity contribution in [2.24, 2.45) is 8.80 Å². The fourth-order valence-corrected chi connectivity index (χ4v) is 4.34. The molecule has 0 aliphatic carbocycles. The summed E-state index contributed by atoms with van der Waals surface area (Å²) in [5.41, 5.74) is 1.13. The Hall–Kier alpha value is -0.970. The molecule has 0 fully saturated rings. The Morgan fingerprint density at radius 2 is 2.09 bits per heavy atom. The highest BCUT2D eigenvalue weighted by Gasteiger charge is 2.19. The minimum atomic E-state index is -1.49. The molecule has 1 unspecified atom stereocenters. The number of thiazole rings is 1. The number of amidine groups is 2. The van der Waals surface area contributed by atoms with Gasteiger partial charge in [0.15, 0.2) is 11.7 Å². The fourth-order valence-electron chi connectivity index (χ4n) is 1.84. The molecular formula is C13H22N6OS3. The van der Waals surface area contributed by atoms with Crippen LogP contribution in [0.2, 0.25) is 0 Å². The van der Waals surface area contributed by atoms with Crippen LogP contribution < -0.4 is 5.32 Å². The second-order valence-electron chi connectivity index (χ2n) is 5.43. The first-order chi connectivity index (χ1) is 11.0. The lowest BCUT2D eigenvalue weighted by atomic mass is 10.4. The van der Waals surface area contributed by atoms with Crippen LogP contribution in [0.5, 0.6) is 0 Å². The lowest BCUT2D eigenvalue weighted by Gasteiger charge is -2.13. The molecule has 128 valence electrons. The molecule has 2 heterocycles. The largest absolute Gasteiger partial charge is 0.366 e. The lowest BCUT2D eigenvalue weighted by Crippen LogP contribution is -2.38. The number of likely N-dealkylation sites (N-methyl/N-ethyl adjacent to an activating group) is 1. The van der Waals surface area contributed by atoms with E-state index in [0.717, 1.165) is 35.3 Å². The third kappa shape index (κ3) is 5.87. The first-order valence-corrected chi connectivity index (χ1v) is 10.2. The molecule has 0 radical (unpaired) electrons. The average Bonchev–Trinajstić information content (AvgIpc) is 3.04. The van der Waals surface area contributed by atoms with Crippen LogP contribution in [0.1, 0.15) is 10.7 Å². The molecule has 7 nitrogen and oxygen atoms in total. The molecule has 0 amide bonds. The predicted molar refractivity (Wildman–Crippen MR) is 100 cm³/mol. The lowest BCUT2D eigenvalue weighted by molar-refractivity contribution is 0.401. The van der Waals surface area contributed by atoms with E-state index in [1.54, 1.807) is 11.3 Å². The van der Waals surface area contributed by atoms with Crippen LogP contribution in [0, 0.1) is 0 Å². The van der Waals surface area contributed by atoms with Crippen LogP contribution in [-0.2, 0) is 23.5 Å². The Morgan fingerprint density at radius 1 is 1.30 bits per heavy atom. The number of rotatable bonds is 7. The predicted octanol–water partition coefficient (Wildman–Crippen LogP) is 0.978. The number of hydrogen-bond donors (Lipinski definition) is 1. The van der Waals surface area contributed by atoms with E-state index in [0.29, 0.717) is 11.7 Å². The Labute approximate surface area is 148 Å². The van der Waals surface area contributed by atoms with Crippen LogP contribution in [0.4, 0.5) is 0 Å². The van der Waals surface area contributed by atoms with Gasteiger partial charge in [-0.2, -0.15) is 11.8 Å². The molecule has 1 aromatic rings. The van der Waals surface area contributed by atoms with Gasteiger partial charge in [-0.3, -0.25) is 0 Å². The standard InChI is InChI=1S/C13H22N6OS3/c1-18(2)7-11-15-10(9-22-11)8-21-6-5-14-12-13(19(3)4)17-23(20)16-12/h9H,5-8H2,1-4H3,(H,14,16). The molecular weight excluding hydrogens is 352 g/mol. The molecule has 0 saturated carbocycles. The van der Waals surface area contributed by atoms with Crippen molar-refractivity contribution >= 4 is 45.9 Å². The zero-order chi connectivity index (χ0) is 16.8. The molecule has 10 heteroatoms. The zero-order valence-corrected chi connectivity index (χ0v) is 16.2. The Bertz CT molecular complexity index is 611. The second kappa shape index (κ2) is 8.76. The Balaban J connectivity index is 1.68. The molecule has 1 aliphatic rings. The van der Waals surface area contributed by atoms with E-state index in [9.17, 15) is 4.21 Å². The molecule has 1 aliphatic heterocycles. The monoisotopic (exact) mass is 374 g/mol.